The molecular weight excluding hydrogens is 266 g/mol. The van der Waals surface area contributed by atoms with E-state index in [0.29, 0.717) is 25.8 Å². The second-order valence-corrected chi connectivity index (χ2v) is 6.34. The van der Waals surface area contributed by atoms with Crippen molar-refractivity contribution >= 4 is 11.9 Å². The number of carbonyl (C=O) groups excluding carboxylic acids is 1. The highest BCUT2D eigenvalue weighted by atomic mass is 16.4. The Hall–Kier alpha value is -1.84. The molecule has 2 atom stereocenters. The lowest BCUT2D eigenvalue weighted by molar-refractivity contribution is -0.152. The lowest BCUT2D eigenvalue weighted by atomic mass is 9.67. The third-order valence-corrected chi connectivity index (χ3v) is 4.33. The fourth-order valence-corrected chi connectivity index (χ4v) is 3.46. The molecule has 1 aromatic carbocycles. The average molecular weight is 289 g/mol. The number of benzene rings is 1. The van der Waals surface area contributed by atoms with Crippen molar-refractivity contribution in [1.82, 2.24) is 5.32 Å². The highest BCUT2D eigenvalue weighted by Gasteiger charge is 2.51. The Bertz CT molecular complexity index is 512. The minimum absolute atomic E-state index is 0.0977. The molecule has 1 aliphatic rings. The van der Waals surface area contributed by atoms with Gasteiger partial charge in [0.2, 0.25) is 5.91 Å². The predicted octanol–water partition coefficient (Wildman–Crippen LogP) is 2.48. The van der Waals surface area contributed by atoms with Crippen LogP contribution in [0.15, 0.2) is 30.3 Å². The summed E-state index contributed by atoms with van der Waals surface area (Å²) in [6.07, 6.45) is 1.62. The van der Waals surface area contributed by atoms with E-state index in [4.69, 9.17) is 0 Å². The fraction of sp³-hybridized carbons (Fsp3) is 0.529. The monoisotopic (exact) mass is 289 g/mol. The summed E-state index contributed by atoms with van der Waals surface area (Å²) in [5, 5.41) is 12.5. The van der Waals surface area contributed by atoms with E-state index >= 15 is 0 Å². The van der Waals surface area contributed by atoms with Crippen molar-refractivity contribution in [1.29, 1.82) is 0 Å². The first-order valence-electron chi connectivity index (χ1n) is 7.51. The van der Waals surface area contributed by atoms with Crippen molar-refractivity contribution in [2.24, 2.45) is 17.3 Å². The predicted molar refractivity (Wildman–Crippen MR) is 80.8 cm³/mol. The molecule has 1 aliphatic heterocycles. The smallest absolute Gasteiger partial charge is 0.307 e. The molecule has 1 amide bonds. The Labute approximate surface area is 125 Å². The van der Waals surface area contributed by atoms with Gasteiger partial charge in [-0.25, -0.2) is 0 Å². The number of hydrogen-bond donors (Lipinski definition) is 2. The maximum absolute atomic E-state index is 12.4. The van der Waals surface area contributed by atoms with Gasteiger partial charge in [-0.15, -0.1) is 0 Å². The summed E-state index contributed by atoms with van der Waals surface area (Å²) >= 11 is 0. The lowest BCUT2D eigenvalue weighted by Gasteiger charge is -2.34. The second-order valence-electron chi connectivity index (χ2n) is 6.34. The van der Waals surface area contributed by atoms with Crippen molar-refractivity contribution in [3.63, 3.8) is 0 Å². The third-order valence-electron chi connectivity index (χ3n) is 4.33. The summed E-state index contributed by atoms with van der Waals surface area (Å²) in [5.74, 6) is -1.37. The lowest BCUT2D eigenvalue weighted by Crippen LogP contribution is -2.44. The molecule has 1 aromatic rings. The van der Waals surface area contributed by atoms with Crippen molar-refractivity contribution in [2.75, 3.05) is 6.54 Å². The van der Waals surface area contributed by atoms with Gasteiger partial charge in [-0.3, -0.25) is 9.59 Å². The number of rotatable bonds is 6. The van der Waals surface area contributed by atoms with E-state index in [1.807, 2.05) is 44.2 Å². The van der Waals surface area contributed by atoms with E-state index in [1.165, 1.54) is 0 Å². The van der Waals surface area contributed by atoms with Crippen molar-refractivity contribution < 1.29 is 14.7 Å². The number of aliphatic carboxylic acids is 1. The van der Waals surface area contributed by atoms with Crippen LogP contribution in [-0.2, 0) is 16.0 Å². The zero-order chi connectivity index (χ0) is 15.5. The number of amides is 1. The van der Waals surface area contributed by atoms with Gasteiger partial charge in [0, 0.05) is 6.54 Å². The Morgan fingerprint density at radius 3 is 2.48 bits per heavy atom. The summed E-state index contributed by atoms with van der Waals surface area (Å²) in [5.41, 5.74) is 0.184. The Morgan fingerprint density at radius 1 is 1.33 bits per heavy atom. The molecule has 21 heavy (non-hydrogen) atoms. The quantitative estimate of drug-likeness (QED) is 0.845. The van der Waals surface area contributed by atoms with Crippen molar-refractivity contribution in [3.8, 4) is 0 Å². The zero-order valence-corrected chi connectivity index (χ0v) is 12.6. The molecule has 2 rings (SSSR count). The zero-order valence-electron chi connectivity index (χ0n) is 12.6. The molecule has 4 nitrogen and oxygen atoms in total. The summed E-state index contributed by atoms with van der Waals surface area (Å²) in [7, 11) is 0. The van der Waals surface area contributed by atoms with Gasteiger partial charge in [-0.2, -0.15) is 0 Å². The van der Waals surface area contributed by atoms with Gasteiger partial charge < -0.3 is 10.4 Å². The first kappa shape index (κ1) is 15.5. The molecule has 0 aliphatic carbocycles. The number of nitrogens with one attached hydrogen (secondary N) is 1. The third kappa shape index (κ3) is 3.26. The SMILES string of the molecule is CC(C)CC1(C(Cc2ccccc2)C(=O)O)CCNC1=O. The molecule has 1 saturated heterocycles. The van der Waals surface area contributed by atoms with Gasteiger partial charge in [0.25, 0.3) is 0 Å². The number of carboxylic acid groups (broad SMARTS) is 1. The van der Waals surface area contributed by atoms with Crippen LogP contribution < -0.4 is 5.32 Å². The molecule has 0 spiro atoms. The Kier molecular flexibility index (Phi) is 4.66. The summed E-state index contributed by atoms with van der Waals surface area (Å²) in [6, 6.07) is 9.55. The van der Waals surface area contributed by atoms with Crippen LogP contribution in [0.4, 0.5) is 0 Å². The topological polar surface area (TPSA) is 66.4 Å². The van der Waals surface area contributed by atoms with Gasteiger partial charge in [0.1, 0.15) is 0 Å². The molecule has 0 saturated carbocycles. The average Bonchev–Trinajstić information content (AvgIpc) is 2.78. The molecule has 2 N–H and O–H groups in total. The first-order valence-corrected chi connectivity index (χ1v) is 7.51. The van der Waals surface area contributed by atoms with Crippen LogP contribution in [-0.4, -0.2) is 23.5 Å². The van der Waals surface area contributed by atoms with Crippen molar-refractivity contribution in [3.05, 3.63) is 35.9 Å². The van der Waals surface area contributed by atoms with Gasteiger partial charge in [0.15, 0.2) is 0 Å². The normalized spacial score (nSPS) is 23.1. The Balaban J connectivity index is 2.33. The molecule has 114 valence electrons. The Morgan fingerprint density at radius 2 is 2.00 bits per heavy atom. The van der Waals surface area contributed by atoms with E-state index in [9.17, 15) is 14.7 Å². The minimum Gasteiger partial charge on any atom is -0.481 e. The number of carboxylic acids is 1. The first-order chi connectivity index (χ1) is 9.95. The standard InChI is InChI=1S/C17H23NO3/c1-12(2)11-17(8-9-18-16(17)21)14(15(19)20)10-13-6-4-3-5-7-13/h3-7,12,14H,8-11H2,1-2H3,(H,18,21)(H,19,20). The van der Waals surface area contributed by atoms with Crippen LogP contribution in [0.3, 0.4) is 0 Å². The van der Waals surface area contributed by atoms with Crippen LogP contribution in [0, 0.1) is 17.3 Å². The van der Waals surface area contributed by atoms with Gasteiger partial charge >= 0.3 is 5.97 Å². The van der Waals surface area contributed by atoms with Crippen LogP contribution >= 0.6 is 0 Å². The van der Waals surface area contributed by atoms with E-state index in [1.54, 1.807) is 0 Å². The van der Waals surface area contributed by atoms with Crippen molar-refractivity contribution in [2.45, 2.75) is 33.1 Å². The maximum atomic E-state index is 12.4. The largest absolute Gasteiger partial charge is 0.481 e. The molecule has 0 bridgehead atoms. The fourth-order valence-electron chi connectivity index (χ4n) is 3.46. The van der Waals surface area contributed by atoms with Crippen LogP contribution in [0.5, 0.6) is 0 Å². The van der Waals surface area contributed by atoms with Gasteiger partial charge in [-0.1, -0.05) is 44.2 Å². The summed E-state index contributed by atoms with van der Waals surface area (Å²) < 4.78 is 0. The molecule has 1 fully saturated rings. The minimum atomic E-state index is -0.878. The number of carbonyl (C=O) groups is 2. The molecule has 4 heteroatoms. The highest BCUT2D eigenvalue weighted by Crippen LogP contribution is 2.43. The van der Waals surface area contributed by atoms with E-state index in [0.717, 1.165) is 5.56 Å². The maximum Gasteiger partial charge on any atom is 0.307 e. The van der Waals surface area contributed by atoms with Gasteiger partial charge in [-0.05, 0) is 30.7 Å². The van der Waals surface area contributed by atoms with E-state index < -0.39 is 17.3 Å². The molecule has 1 heterocycles. The van der Waals surface area contributed by atoms with E-state index in [2.05, 4.69) is 5.32 Å². The van der Waals surface area contributed by atoms with Crippen LogP contribution in [0.2, 0.25) is 0 Å². The number of hydrogen-bond acceptors (Lipinski definition) is 2. The molecule has 0 aromatic heterocycles. The molecular formula is C17H23NO3. The van der Waals surface area contributed by atoms with E-state index in [-0.39, 0.29) is 11.8 Å². The summed E-state index contributed by atoms with van der Waals surface area (Å²) in [6.45, 7) is 4.65. The van der Waals surface area contributed by atoms with Crippen LogP contribution in [0.25, 0.3) is 0 Å². The highest BCUT2D eigenvalue weighted by molar-refractivity contribution is 5.90. The van der Waals surface area contributed by atoms with Crippen LogP contribution in [0.1, 0.15) is 32.3 Å². The molecule has 0 radical (unpaired) electrons. The molecule has 2 unspecified atom stereocenters. The second kappa shape index (κ2) is 6.29. The van der Waals surface area contributed by atoms with Gasteiger partial charge in [0.05, 0.1) is 11.3 Å². The summed E-state index contributed by atoms with van der Waals surface area (Å²) in [4.78, 5) is 24.2.